The Kier molecular flexibility index (Phi) is 6.52. The second-order valence-corrected chi connectivity index (χ2v) is 7.83. The van der Waals surface area contributed by atoms with Gasteiger partial charge < -0.3 is 4.57 Å². The van der Waals surface area contributed by atoms with Crippen LogP contribution >= 0.6 is 0 Å². The highest BCUT2D eigenvalue weighted by Crippen LogP contribution is 2.48. The van der Waals surface area contributed by atoms with Crippen LogP contribution in [0.4, 0.5) is 17.6 Å². The minimum atomic E-state index is -4.10. The van der Waals surface area contributed by atoms with Gasteiger partial charge in [-0.1, -0.05) is 17.9 Å². The molecule has 2 aliphatic rings. The summed E-state index contributed by atoms with van der Waals surface area (Å²) in [7, 11) is 1.84. The molecule has 4 rings (SSSR count). The topological polar surface area (TPSA) is 86.9 Å². The molecule has 1 atom stereocenters. The van der Waals surface area contributed by atoms with E-state index in [0.717, 1.165) is 41.3 Å². The summed E-state index contributed by atoms with van der Waals surface area (Å²) in [6.45, 7) is -0.830. The summed E-state index contributed by atoms with van der Waals surface area (Å²) in [4.78, 5) is 16.0. The first-order valence-corrected chi connectivity index (χ1v) is 10.3. The van der Waals surface area contributed by atoms with Crippen LogP contribution in [0.1, 0.15) is 23.2 Å². The van der Waals surface area contributed by atoms with Crippen molar-refractivity contribution in [3.63, 3.8) is 0 Å². The lowest BCUT2D eigenvalue weighted by molar-refractivity contribution is -0.0795. The third-order valence-corrected chi connectivity index (χ3v) is 5.45. The predicted octanol–water partition coefficient (Wildman–Crippen LogP) is 3.72. The molecule has 2 aromatic heterocycles. The van der Waals surface area contributed by atoms with Crippen molar-refractivity contribution >= 4 is 6.34 Å². The molecule has 1 aliphatic heterocycles. The Morgan fingerprint density at radius 3 is 2.63 bits per heavy atom. The van der Waals surface area contributed by atoms with Gasteiger partial charge in [0.1, 0.15) is 23.7 Å². The normalized spacial score (nSPS) is 17.3. The Labute approximate surface area is 197 Å². The fourth-order valence-electron chi connectivity index (χ4n) is 3.67. The predicted molar refractivity (Wildman–Crippen MR) is 121 cm³/mol. The molecule has 12 heteroatoms. The van der Waals surface area contributed by atoms with Crippen molar-refractivity contribution < 1.29 is 17.6 Å². The van der Waals surface area contributed by atoms with Crippen LogP contribution in [0.3, 0.4) is 0 Å². The first-order chi connectivity index (χ1) is 16.7. The number of aryl methyl sites for hydroxylation is 1. The van der Waals surface area contributed by atoms with E-state index in [2.05, 4.69) is 38.2 Å². The van der Waals surface area contributed by atoms with E-state index in [9.17, 15) is 13.7 Å². The number of nitrogens with zero attached hydrogens (tertiary/aromatic N) is 5. The van der Waals surface area contributed by atoms with Crippen molar-refractivity contribution in [1.82, 2.24) is 25.6 Å². The average molecular weight is 485 g/mol. The van der Waals surface area contributed by atoms with Gasteiger partial charge in [-0.2, -0.15) is 13.9 Å². The molecule has 2 aromatic rings. The first kappa shape index (κ1) is 23.9. The summed E-state index contributed by atoms with van der Waals surface area (Å²) >= 11 is 0. The first-order valence-electron chi connectivity index (χ1n) is 10.3. The Bertz CT molecular complexity index is 1300. The van der Waals surface area contributed by atoms with Crippen molar-refractivity contribution in [2.45, 2.75) is 17.9 Å². The molecule has 0 fully saturated rings. The molecule has 0 saturated heterocycles. The number of halogens is 4. The van der Waals surface area contributed by atoms with Gasteiger partial charge in [-0.05, 0) is 35.9 Å². The molecule has 0 spiro atoms. The van der Waals surface area contributed by atoms with E-state index in [1.807, 2.05) is 17.8 Å². The fraction of sp³-hybridized carbons (Fsp3) is 0.217. The number of pyridine rings is 1. The van der Waals surface area contributed by atoms with Gasteiger partial charge in [0.15, 0.2) is 0 Å². The number of rotatable bonds is 6. The summed E-state index contributed by atoms with van der Waals surface area (Å²) in [6.07, 6.45) is 7.85. The zero-order valence-corrected chi connectivity index (χ0v) is 18.3. The van der Waals surface area contributed by atoms with E-state index in [-0.39, 0.29) is 0 Å². The maximum absolute atomic E-state index is 16.0. The Morgan fingerprint density at radius 1 is 1.20 bits per heavy atom. The molecule has 1 unspecified atom stereocenters. The van der Waals surface area contributed by atoms with Crippen LogP contribution in [-0.2, 0) is 13.0 Å². The van der Waals surface area contributed by atoms with Gasteiger partial charge in [0, 0.05) is 48.4 Å². The molecular weight excluding hydrogens is 466 g/mol. The fourth-order valence-corrected chi connectivity index (χ4v) is 3.67. The van der Waals surface area contributed by atoms with Gasteiger partial charge in [0.2, 0.25) is 5.54 Å². The number of alkyl halides is 2. The molecular formula is C23H19F4N7O. The van der Waals surface area contributed by atoms with E-state index in [1.165, 1.54) is 6.07 Å². The van der Waals surface area contributed by atoms with Crippen LogP contribution in [0.2, 0.25) is 0 Å². The standard InChI is InChI=1S/C23H19F4N7O/c1-33-10-9-17(13-33)6-5-16-7-8-21(28-12-16)23(26,27)22(30-35,14-34-15-29-31-32-34)19-4-2-3-18(24)11-20(19)25/h2-3,7-13,15,31-32H,4,14H2,1H3. The Balaban J connectivity index is 1.75. The molecule has 0 saturated carbocycles. The van der Waals surface area contributed by atoms with Gasteiger partial charge in [0.05, 0.1) is 6.54 Å². The number of hydrogen-bond donors (Lipinski definition) is 2. The molecule has 0 amide bonds. The van der Waals surface area contributed by atoms with Gasteiger partial charge in [-0.15, -0.1) is 10.4 Å². The van der Waals surface area contributed by atoms with Crippen molar-refractivity contribution in [3.05, 3.63) is 94.0 Å². The third kappa shape index (κ3) is 4.71. The van der Waals surface area contributed by atoms with Crippen molar-refractivity contribution in [2.75, 3.05) is 6.54 Å². The maximum Gasteiger partial charge on any atom is 0.323 e. The average Bonchev–Trinajstić information content (AvgIpc) is 3.47. The molecule has 0 bridgehead atoms. The van der Waals surface area contributed by atoms with Gasteiger partial charge in [-0.25, -0.2) is 14.3 Å². The summed E-state index contributed by atoms with van der Waals surface area (Å²) in [5, 5.41) is 7.37. The highest BCUT2D eigenvalue weighted by molar-refractivity contribution is 5.56. The number of nitrogens with one attached hydrogen (secondary N) is 2. The summed E-state index contributed by atoms with van der Waals surface area (Å²) in [6, 6.07) is 4.11. The quantitative estimate of drug-likeness (QED) is 0.370. The Morgan fingerprint density at radius 2 is 2.00 bits per heavy atom. The number of allylic oxidation sites excluding steroid dienone is 5. The number of hydrazine groups is 2. The molecule has 8 nitrogen and oxygen atoms in total. The molecule has 1 aliphatic carbocycles. The maximum atomic E-state index is 16.0. The molecule has 180 valence electrons. The van der Waals surface area contributed by atoms with Crippen LogP contribution in [0.5, 0.6) is 0 Å². The monoisotopic (exact) mass is 485 g/mol. The SMILES string of the molecule is Cn1ccc(C#Cc2ccc(C(F)(F)C(CN3C=NNN3)(N=O)C3=C(F)C=C(F)C=CC3)nc2)c1. The highest BCUT2D eigenvalue weighted by Gasteiger charge is 2.62. The number of hydrazone groups is 1. The van der Waals surface area contributed by atoms with Gasteiger partial charge >= 0.3 is 5.92 Å². The lowest BCUT2D eigenvalue weighted by Crippen LogP contribution is -2.56. The molecule has 0 aromatic carbocycles. The van der Waals surface area contributed by atoms with E-state index in [0.29, 0.717) is 11.6 Å². The second-order valence-electron chi connectivity index (χ2n) is 7.83. The van der Waals surface area contributed by atoms with E-state index in [1.54, 1.807) is 12.3 Å². The van der Waals surface area contributed by atoms with Crippen LogP contribution in [0, 0.1) is 16.7 Å². The molecule has 35 heavy (non-hydrogen) atoms. The number of aromatic nitrogens is 2. The molecule has 2 N–H and O–H groups in total. The minimum Gasteiger partial charge on any atom is -0.356 e. The Hall–Kier alpha value is -4.24. The van der Waals surface area contributed by atoms with E-state index < -0.39 is 47.3 Å². The van der Waals surface area contributed by atoms with Crippen LogP contribution in [0.15, 0.2) is 82.5 Å². The third-order valence-electron chi connectivity index (χ3n) is 5.45. The zero-order valence-electron chi connectivity index (χ0n) is 18.3. The van der Waals surface area contributed by atoms with Crippen molar-refractivity contribution in [3.8, 4) is 11.8 Å². The zero-order chi connectivity index (χ0) is 25.1. The van der Waals surface area contributed by atoms with Crippen molar-refractivity contribution in [1.29, 1.82) is 0 Å². The lowest BCUT2D eigenvalue weighted by atomic mass is 9.79. The largest absolute Gasteiger partial charge is 0.356 e. The summed E-state index contributed by atoms with van der Waals surface area (Å²) in [5.74, 6) is -0.697. The summed E-state index contributed by atoms with van der Waals surface area (Å²) < 4.78 is 62.6. The smallest absolute Gasteiger partial charge is 0.323 e. The van der Waals surface area contributed by atoms with E-state index >= 15 is 8.78 Å². The van der Waals surface area contributed by atoms with Crippen LogP contribution < -0.4 is 11.1 Å². The van der Waals surface area contributed by atoms with Crippen LogP contribution in [-0.4, -0.2) is 33.0 Å². The second kappa shape index (κ2) is 9.55. The van der Waals surface area contributed by atoms with E-state index in [4.69, 9.17) is 0 Å². The highest BCUT2D eigenvalue weighted by atomic mass is 19.3. The molecule has 3 heterocycles. The molecule has 0 radical (unpaired) electrons. The van der Waals surface area contributed by atoms with Gasteiger partial charge in [0.25, 0.3) is 0 Å². The minimum absolute atomic E-state index is 0.350. The summed E-state index contributed by atoms with van der Waals surface area (Å²) in [5.41, 5.74) is 1.28. The lowest BCUT2D eigenvalue weighted by Gasteiger charge is -2.37. The number of nitroso groups, excluding NO2 is 1. The number of hydrogen-bond acceptors (Lipinski definition) is 7. The van der Waals surface area contributed by atoms with Gasteiger partial charge in [-0.3, -0.25) is 9.99 Å². The van der Waals surface area contributed by atoms with Crippen molar-refractivity contribution in [2.24, 2.45) is 17.3 Å². The van der Waals surface area contributed by atoms with Crippen LogP contribution in [0.25, 0.3) is 0 Å².